The van der Waals surface area contributed by atoms with Gasteiger partial charge in [0.05, 0.1) is 11.0 Å². The highest BCUT2D eigenvalue weighted by Crippen LogP contribution is 2.16. The Morgan fingerprint density at radius 2 is 2.17 bits per heavy atom. The van der Waals surface area contributed by atoms with E-state index in [4.69, 9.17) is 0 Å². The van der Waals surface area contributed by atoms with Crippen molar-refractivity contribution in [1.29, 1.82) is 0 Å². The second kappa shape index (κ2) is 4.70. The first-order valence-electron chi connectivity index (χ1n) is 5.65. The summed E-state index contributed by atoms with van der Waals surface area (Å²) in [6, 6.07) is 5.98. The van der Waals surface area contributed by atoms with E-state index in [1.807, 2.05) is 0 Å². The van der Waals surface area contributed by atoms with E-state index in [1.54, 1.807) is 12.1 Å². The van der Waals surface area contributed by atoms with Crippen LogP contribution in [0.5, 0.6) is 0 Å². The number of likely N-dealkylation sites (tertiary alicyclic amines) is 1. The van der Waals surface area contributed by atoms with Crippen molar-refractivity contribution in [2.75, 3.05) is 19.3 Å². The Morgan fingerprint density at radius 3 is 2.72 bits per heavy atom. The van der Waals surface area contributed by atoms with Crippen molar-refractivity contribution in [3.63, 3.8) is 0 Å². The summed E-state index contributed by atoms with van der Waals surface area (Å²) in [5.41, 5.74) is 0.340. The molecular formula is C12H15NO4S. The number of carbonyl (C=O) groups excluding carboxylic acids is 1. The Morgan fingerprint density at radius 1 is 1.44 bits per heavy atom. The van der Waals surface area contributed by atoms with E-state index in [0.717, 1.165) is 6.26 Å². The summed E-state index contributed by atoms with van der Waals surface area (Å²) in [5.74, 6) is -0.239. The van der Waals surface area contributed by atoms with Crippen LogP contribution in [0.25, 0.3) is 0 Å². The molecule has 0 aromatic heterocycles. The van der Waals surface area contributed by atoms with Gasteiger partial charge in [0.2, 0.25) is 0 Å². The number of aliphatic hydroxyl groups is 1. The van der Waals surface area contributed by atoms with Crippen molar-refractivity contribution >= 4 is 15.7 Å². The van der Waals surface area contributed by atoms with Gasteiger partial charge in [-0.25, -0.2) is 8.42 Å². The highest BCUT2D eigenvalue weighted by Gasteiger charge is 2.25. The van der Waals surface area contributed by atoms with Crippen LogP contribution in [0.3, 0.4) is 0 Å². The van der Waals surface area contributed by atoms with E-state index in [9.17, 15) is 18.3 Å². The first-order valence-corrected chi connectivity index (χ1v) is 7.54. The molecule has 1 heterocycles. The summed E-state index contributed by atoms with van der Waals surface area (Å²) in [6.07, 6.45) is 1.19. The summed E-state index contributed by atoms with van der Waals surface area (Å²) in [4.78, 5) is 13.8. The Balaban J connectivity index is 2.26. The molecule has 0 bridgehead atoms. The highest BCUT2D eigenvalue weighted by atomic mass is 32.2. The fourth-order valence-corrected chi connectivity index (χ4v) is 2.64. The molecule has 1 amide bonds. The lowest BCUT2D eigenvalue weighted by molar-refractivity contribution is 0.0764. The largest absolute Gasteiger partial charge is 0.391 e. The summed E-state index contributed by atoms with van der Waals surface area (Å²) < 4.78 is 22.8. The van der Waals surface area contributed by atoms with Crippen molar-refractivity contribution in [3.05, 3.63) is 29.8 Å². The summed E-state index contributed by atoms with van der Waals surface area (Å²) in [7, 11) is -3.31. The number of benzene rings is 1. The SMILES string of the molecule is CS(=O)(=O)c1cccc(C(=O)N2CC[C@@H](O)C2)c1. The molecule has 0 spiro atoms. The van der Waals surface area contributed by atoms with Crippen LogP contribution in [0.2, 0.25) is 0 Å². The molecule has 1 aliphatic rings. The van der Waals surface area contributed by atoms with Crippen LogP contribution >= 0.6 is 0 Å². The molecule has 98 valence electrons. The van der Waals surface area contributed by atoms with Gasteiger partial charge in [0.15, 0.2) is 9.84 Å². The summed E-state index contributed by atoms with van der Waals surface area (Å²) in [6.45, 7) is 0.811. The number of hydrogen-bond acceptors (Lipinski definition) is 4. The van der Waals surface area contributed by atoms with E-state index in [0.29, 0.717) is 25.1 Å². The number of amides is 1. The number of β-amino-alcohol motifs (C(OH)–C–C–N with tert-alkyl or cyclic N) is 1. The van der Waals surface area contributed by atoms with Crippen molar-refractivity contribution < 1.29 is 18.3 Å². The van der Waals surface area contributed by atoms with Crippen LogP contribution in [-0.4, -0.2) is 49.8 Å². The zero-order valence-electron chi connectivity index (χ0n) is 10.0. The quantitative estimate of drug-likeness (QED) is 0.837. The maximum Gasteiger partial charge on any atom is 0.253 e. The first-order chi connectivity index (χ1) is 8.38. The molecule has 0 radical (unpaired) electrons. The monoisotopic (exact) mass is 269 g/mol. The number of aliphatic hydroxyl groups excluding tert-OH is 1. The molecule has 6 heteroatoms. The molecule has 0 saturated carbocycles. The number of hydrogen-bond donors (Lipinski definition) is 1. The van der Waals surface area contributed by atoms with Gasteiger partial charge < -0.3 is 10.0 Å². The van der Waals surface area contributed by atoms with Crippen LogP contribution in [0.15, 0.2) is 29.2 Å². The van der Waals surface area contributed by atoms with Crippen molar-refractivity contribution in [3.8, 4) is 0 Å². The number of carbonyl (C=O) groups is 1. The molecule has 18 heavy (non-hydrogen) atoms. The van der Waals surface area contributed by atoms with Gasteiger partial charge in [0.1, 0.15) is 0 Å². The average Bonchev–Trinajstić information content (AvgIpc) is 2.74. The lowest BCUT2D eigenvalue weighted by Gasteiger charge is -2.15. The fourth-order valence-electron chi connectivity index (χ4n) is 1.97. The van der Waals surface area contributed by atoms with Gasteiger partial charge in [-0.1, -0.05) is 6.07 Å². The minimum absolute atomic E-state index is 0.132. The Hall–Kier alpha value is -1.40. The van der Waals surface area contributed by atoms with Crippen molar-refractivity contribution in [2.24, 2.45) is 0 Å². The molecule has 0 aliphatic carbocycles. The summed E-state index contributed by atoms with van der Waals surface area (Å²) in [5, 5.41) is 9.39. The van der Waals surface area contributed by atoms with E-state index in [2.05, 4.69) is 0 Å². The highest BCUT2D eigenvalue weighted by molar-refractivity contribution is 7.90. The van der Waals surface area contributed by atoms with Crippen LogP contribution < -0.4 is 0 Å². The molecule has 1 aromatic carbocycles. The molecule has 1 aliphatic heterocycles. The molecule has 1 N–H and O–H groups in total. The minimum atomic E-state index is -3.31. The Kier molecular flexibility index (Phi) is 3.41. The number of sulfone groups is 1. The maximum atomic E-state index is 12.1. The van der Waals surface area contributed by atoms with Gasteiger partial charge in [0, 0.05) is 24.9 Å². The maximum absolute atomic E-state index is 12.1. The average molecular weight is 269 g/mol. The first kappa shape index (κ1) is 13.0. The van der Waals surface area contributed by atoms with Gasteiger partial charge >= 0.3 is 0 Å². The normalized spacial score (nSPS) is 20.1. The van der Waals surface area contributed by atoms with E-state index >= 15 is 0 Å². The van der Waals surface area contributed by atoms with Gasteiger partial charge in [-0.3, -0.25) is 4.79 Å². The van der Waals surface area contributed by atoms with Gasteiger partial charge in [-0.15, -0.1) is 0 Å². The molecule has 1 fully saturated rings. The van der Waals surface area contributed by atoms with Crippen LogP contribution in [0.1, 0.15) is 16.8 Å². The third-order valence-electron chi connectivity index (χ3n) is 2.96. The van der Waals surface area contributed by atoms with Crippen LogP contribution in [-0.2, 0) is 9.84 Å². The third-order valence-corrected chi connectivity index (χ3v) is 4.07. The lowest BCUT2D eigenvalue weighted by atomic mass is 10.2. The van der Waals surface area contributed by atoms with Gasteiger partial charge in [-0.05, 0) is 24.6 Å². The Bertz CT molecular complexity index is 567. The standard InChI is InChI=1S/C12H15NO4S/c1-18(16,17)11-4-2-3-9(7-11)12(15)13-6-5-10(14)8-13/h2-4,7,10,14H,5-6,8H2,1H3/t10-/m1/s1. The van der Waals surface area contributed by atoms with E-state index in [1.165, 1.54) is 17.0 Å². The molecule has 1 aromatic rings. The van der Waals surface area contributed by atoms with E-state index < -0.39 is 15.9 Å². The molecule has 1 atom stereocenters. The minimum Gasteiger partial charge on any atom is -0.391 e. The topological polar surface area (TPSA) is 74.7 Å². The van der Waals surface area contributed by atoms with Crippen LogP contribution in [0, 0.1) is 0 Å². The van der Waals surface area contributed by atoms with Crippen molar-refractivity contribution in [1.82, 2.24) is 4.90 Å². The van der Waals surface area contributed by atoms with E-state index in [-0.39, 0.29) is 10.8 Å². The number of nitrogens with zero attached hydrogens (tertiary/aromatic N) is 1. The molecule has 1 saturated heterocycles. The zero-order valence-corrected chi connectivity index (χ0v) is 10.9. The molecule has 2 rings (SSSR count). The van der Waals surface area contributed by atoms with Gasteiger partial charge in [0.25, 0.3) is 5.91 Å². The molecule has 5 nitrogen and oxygen atoms in total. The predicted molar refractivity (Wildman–Crippen MR) is 66.1 cm³/mol. The zero-order chi connectivity index (χ0) is 13.3. The number of rotatable bonds is 2. The third kappa shape index (κ3) is 2.70. The molecule has 0 unspecified atom stereocenters. The van der Waals surface area contributed by atoms with Crippen LogP contribution in [0.4, 0.5) is 0 Å². The fraction of sp³-hybridized carbons (Fsp3) is 0.417. The van der Waals surface area contributed by atoms with Crippen molar-refractivity contribution in [2.45, 2.75) is 17.4 Å². The van der Waals surface area contributed by atoms with Gasteiger partial charge in [-0.2, -0.15) is 0 Å². The molecular weight excluding hydrogens is 254 g/mol. The second-order valence-corrected chi connectivity index (χ2v) is 6.51. The Labute approximate surface area is 106 Å². The summed E-state index contributed by atoms with van der Waals surface area (Å²) >= 11 is 0. The second-order valence-electron chi connectivity index (χ2n) is 4.49. The predicted octanol–water partition coefficient (Wildman–Crippen LogP) is 0.297. The lowest BCUT2D eigenvalue weighted by Crippen LogP contribution is -2.29. The smallest absolute Gasteiger partial charge is 0.253 e.